The molecule has 0 spiro atoms. The molecule has 0 saturated heterocycles. The van der Waals surface area contributed by atoms with Gasteiger partial charge in [0.1, 0.15) is 6.61 Å². The van der Waals surface area contributed by atoms with Gasteiger partial charge in [0.05, 0.1) is 72.5 Å². The van der Waals surface area contributed by atoms with Gasteiger partial charge >= 0.3 is 12.1 Å². The van der Waals surface area contributed by atoms with Crippen molar-refractivity contribution in [1.82, 2.24) is 5.32 Å². The highest BCUT2D eigenvalue weighted by molar-refractivity contribution is 5.79. The maximum Gasteiger partial charge on any atom is 0.407 e. The number of amides is 1. The summed E-state index contributed by atoms with van der Waals surface area (Å²) < 4.78 is 103. The molecule has 0 unspecified atom stereocenters. The van der Waals surface area contributed by atoms with Crippen LogP contribution in [0.5, 0.6) is 5.75 Å². The molecule has 0 saturated carbocycles. The first-order valence-electron chi connectivity index (χ1n) is 15.5. The number of fused-ring (bicyclic) bond motifs is 3. The van der Waals surface area contributed by atoms with Crippen molar-refractivity contribution < 1.29 is 64.7 Å². The van der Waals surface area contributed by atoms with Gasteiger partial charge in [-0.2, -0.15) is 8.78 Å². The lowest BCUT2D eigenvalue weighted by Gasteiger charge is -2.14. The molecule has 4 rings (SSSR count). The lowest BCUT2D eigenvalue weighted by atomic mass is 9.98. The zero-order valence-corrected chi connectivity index (χ0v) is 26.5. The number of nitrogens with one attached hydrogen (secondary N) is 1. The van der Waals surface area contributed by atoms with Gasteiger partial charge in [0.25, 0.3) is 0 Å². The van der Waals surface area contributed by atoms with Crippen molar-refractivity contribution in [2.75, 3.05) is 79.2 Å². The SMILES string of the molecule is O=C(CCOCCOCCOCCOCCOCCNC(=O)OCC1c2ccccc2-c2ccccc21)Oc1c(F)c(F)c(F)c(F)c1F. The van der Waals surface area contributed by atoms with Gasteiger partial charge < -0.3 is 38.5 Å². The lowest BCUT2D eigenvalue weighted by molar-refractivity contribution is -0.136. The van der Waals surface area contributed by atoms with Crippen LogP contribution in [-0.2, 0) is 33.2 Å². The highest BCUT2D eigenvalue weighted by Crippen LogP contribution is 2.44. The fourth-order valence-corrected chi connectivity index (χ4v) is 4.85. The van der Waals surface area contributed by atoms with Crippen molar-refractivity contribution in [3.05, 3.63) is 88.7 Å². The van der Waals surface area contributed by atoms with Gasteiger partial charge in [0, 0.05) is 12.5 Å². The first-order chi connectivity index (χ1) is 23.8. The number of ether oxygens (including phenoxy) is 7. The second-order valence-corrected chi connectivity index (χ2v) is 10.4. The first-order valence-corrected chi connectivity index (χ1v) is 15.5. The number of halogens is 5. The van der Waals surface area contributed by atoms with E-state index in [1.165, 1.54) is 0 Å². The third-order valence-electron chi connectivity index (χ3n) is 7.18. The normalized spacial score (nSPS) is 12.1. The van der Waals surface area contributed by atoms with Gasteiger partial charge in [-0.25, -0.2) is 18.0 Å². The quantitative estimate of drug-likeness (QED) is 0.0396. The standard InChI is InChI=1S/C34H36F5NO9/c35-28-29(36)31(38)33(32(39)30(28)37)49-27(41)9-11-43-13-15-45-17-19-47-20-18-46-16-14-44-12-10-40-34(42)48-21-26-24-7-3-1-5-22(24)23-6-2-4-8-25(23)26/h1-8,26H,9-21H2,(H,40,42). The smallest absolute Gasteiger partial charge is 0.407 e. The summed E-state index contributed by atoms with van der Waals surface area (Å²) in [6, 6.07) is 16.2. The number of hydrogen-bond donors (Lipinski definition) is 1. The Bertz CT molecular complexity index is 1470. The molecule has 266 valence electrons. The molecule has 0 fully saturated rings. The molecule has 10 nitrogen and oxygen atoms in total. The van der Waals surface area contributed by atoms with Gasteiger partial charge in [-0.1, -0.05) is 48.5 Å². The van der Waals surface area contributed by atoms with Gasteiger partial charge in [-0.05, 0) is 22.3 Å². The molecule has 15 heteroatoms. The van der Waals surface area contributed by atoms with Crippen molar-refractivity contribution in [1.29, 1.82) is 0 Å². The molecule has 1 aliphatic rings. The minimum Gasteiger partial charge on any atom is -0.449 e. The van der Waals surface area contributed by atoms with E-state index in [0.717, 1.165) is 22.3 Å². The summed E-state index contributed by atoms with van der Waals surface area (Å²) in [5, 5.41) is 2.69. The van der Waals surface area contributed by atoms with E-state index < -0.39 is 53.3 Å². The van der Waals surface area contributed by atoms with E-state index in [2.05, 4.69) is 34.3 Å². The van der Waals surface area contributed by atoms with Crippen LogP contribution in [0.15, 0.2) is 48.5 Å². The number of carbonyl (C=O) groups is 2. The van der Waals surface area contributed by atoms with Crippen LogP contribution in [0.2, 0.25) is 0 Å². The van der Waals surface area contributed by atoms with Crippen LogP contribution < -0.4 is 10.1 Å². The zero-order valence-electron chi connectivity index (χ0n) is 26.5. The number of alkyl carbamates (subject to hydrolysis) is 1. The van der Waals surface area contributed by atoms with Crippen LogP contribution >= 0.6 is 0 Å². The predicted octanol–water partition coefficient (Wildman–Crippen LogP) is 5.30. The average Bonchev–Trinajstić information content (AvgIpc) is 3.43. The number of esters is 1. The minimum absolute atomic E-state index is 0.00516. The molecule has 1 amide bonds. The Balaban J connectivity index is 0.906. The second kappa shape index (κ2) is 19.7. The molecule has 3 aromatic carbocycles. The lowest BCUT2D eigenvalue weighted by Crippen LogP contribution is -2.29. The molecule has 0 radical (unpaired) electrons. The Morgan fingerprint density at radius 1 is 0.571 bits per heavy atom. The molecule has 3 aromatic rings. The summed E-state index contributed by atoms with van der Waals surface area (Å²) in [5.74, 6) is -14.2. The Morgan fingerprint density at radius 2 is 1.00 bits per heavy atom. The molecule has 1 N–H and O–H groups in total. The largest absolute Gasteiger partial charge is 0.449 e. The Kier molecular flexibility index (Phi) is 15.2. The van der Waals surface area contributed by atoms with Crippen molar-refractivity contribution >= 4 is 12.1 Å². The second-order valence-electron chi connectivity index (χ2n) is 10.4. The van der Waals surface area contributed by atoms with E-state index in [-0.39, 0.29) is 45.6 Å². The van der Waals surface area contributed by atoms with E-state index in [1.54, 1.807) is 0 Å². The topological polar surface area (TPSA) is 111 Å². The number of carbonyl (C=O) groups excluding carboxylic acids is 2. The van der Waals surface area contributed by atoms with Gasteiger partial charge in [-0.15, -0.1) is 0 Å². The molecule has 0 aliphatic heterocycles. The number of hydrogen-bond acceptors (Lipinski definition) is 9. The van der Waals surface area contributed by atoms with E-state index in [9.17, 15) is 31.5 Å². The van der Waals surface area contributed by atoms with Crippen molar-refractivity contribution in [2.24, 2.45) is 0 Å². The Hall–Kier alpha value is -4.15. The van der Waals surface area contributed by atoms with Crippen LogP contribution in [-0.4, -0.2) is 91.3 Å². The minimum atomic E-state index is -2.35. The first kappa shape index (κ1) is 37.7. The van der Waals surface area contributed by atoms with Gasteiger partial charge in [0.15, 0.2) is 0 Å². The molecule has 0 heterocycles. The molecular weight excluding hydrogens is 661 g/mol. The van der Waals surface area contributed by atoms with E-state index in [0.29, 0.717) is 39.6 Å². The van der Waals surface area contributed by atoms with Gasteiger partial charge in [-0.3, -0.25) is 4.79 Å². The predicted molar refractivity (Wildman–Crippen MR) is 164 cm³/mol. The van der Waals surface area contributed by atoms with Crippen LogP contribution in [0.25, 0.3) is 11.1 Å². The summed E-state index contributed by atoms with van der Waals surface area (Å²) in [6.07, 6.45) is -1.000. The van der Waals surface area contributed by atoms with Crippen LogP contribution in [0.4, 0.5) is 26.7 Å². The number of benzene rings is 3. The maximum absolute atomic E-state index is 13.6. The van der Waals surface area contributed by atoms with Crippen LogP contribution in [0.3, 0.4) is 0 Å². The van der Waals surface area contributed by atoms with E-state index >= 15 is 0 Å². The molecular formula is C34H36F5NO9. The zero-order chi connectivity index (χ0) is 35.0. The van der Waals surface area contributed by atoms with E-state index in [4.69, 9.17) is 28.4 Å². The summed E-state index contributed by atoms with van der Waals surface area (Å²) in [6.45, 7) is 2.72. The third kappa shape index (κ3) is 10.9. The summed E-state index contributed by atoms with van der Waals surface area (Å²) in [7, 11) is 0. The van der Waals surface area contributed by atoms with Crippen LogP contribution in [0, 0.1) is 29.1 Å². The Labute approximate surface area is 279 Å². The summed E-state index contributed by atoms with van der Waals surface area (Å²) in [5.41, 5.74) is 4.62. The van der Waals surface area contributed by atoms with Crippen molar-refractivity contribution in [2.45, 2.75) is 12.3 Å². The summed E-state index contributed by atoms with van der Waals surface area (Å²) >= 11 is 0. The maximum atomic E-state index is 13.6. The van der Waals surface area contributed by atoms with Crippen LogP contribution in [0.1, 0.15) is 23.5 Å². The third-order valence-corrected chi connectivity index (χ3v) is 7.18. The highest BCUT2D eigenvalue weighted by Gasteiger charge is 2.30. The fraction of sp³-hybridized carbons (Fsp3) is 0.412. The van der Waals surface area contributed by atoms with Crippen molar-refractivity contribution in [3.63, 3.8) is 0 Å². The average molecular weight is 698 g/mol. The van der Waals surface area contributed by atoms with E-state index in [1.807, 2.05) is 24.3 Å². The van der Waals surface area contributed by atoms with Crippen molar-refractivity contribution in [3.8, 4) is 16.9 Å². The summed E-state index contributed by atoms with van der Waals surface area (Å²) in [4.78, 5) is 23.9. The Morgan fingerprint density at radius 3 is 1.51 bits per heavy atom. The molecule has 0 bridgehead atoms. The van der Waals surface area contributed by atoms with Gasteiger partial charge in [0.2, 0.25) is 34.8 Å². The molecule has 0 aromatic heterocycles. The molecule has 1 aliphatic carbocycles. The highest BCUT2D eigenvalue weighted by atomic mass is 19.2. The molecule has 49 heavy (non-hydrogen) atoms. The fourth-order valence-electron chi connectivity index (χ4n) is 4.85. The number of rotatable bonds is 21. The molecule has 0 atom stereocenters. The monoisotopic (exact) mass is 697 g/mol.